The summed E-state index contributed by atoms with van der Waals surface area (Å²) >= 11 is 3.17. The van der Waals surface area contributed by atoms with Crippen LogP contribution in [0, 0.1) is 0 Å². The largest absolute Gasteiger partial charge is 0.271 e. The molecule has 0 spiro atoms. The van der Waals surface area contributed by atoms with Gasteiger partial charge in [-0.3, -0.25) is 14.3 Å². The molecule has 0 radical (unpaired) electrons. The molecule has 0 saturated heterocycles. The molecule has 0 saturated carbocycles. The first-order valence-electron chi connectivity index (χ1n) is 9.86. The Morgan fingerprint density at radius 3 is 2.73 bits per heavy atom. The predicted molar refractivity (Wildman–Crippen MR) is 121 cm³/mol. The molecule has 0 unspecified atom stereocenters. The smallest absolute Gasteiger partial charge is 0.271 e. The van der Waals surface area contributed by atoms with E-state index in [1.165, 1.54) is 32.9 Å². The molecule has 1 aromatic carbocycles. The first kappa shape index (κ1) is 17.7. The molecule has 1 atom stereocenters. The van der Waals surface area contributed by atoms with Gasteiger partial charge in [0.1, 0.15) is 0 Å². The molecule has 1 aliphatic carbocycles. The molecule has 0 N–H and O–H groups in total. The number of benzene rings is 1. The Labute approximate surface area is 180 Å². The van der Waals surface area contributed by atoms with E-state index in [4.69, 9.17) is 4.99 Å². The lowest BCUT2D eigenvalue weighted by molar-refractivity contribution is 0.593. The zero-order chi connectivity index (χ0) is 20.1. The van der Waals surface area contributed by atoms with Gasteiger partial charge in [0.05, 0.1) is 16.3 Å². The molecule has 3 aromatic heterocycles. The lowest BCUT2D eigenvalue weighted by atomic mass is 9.85. The average Bonchev–Trinajstić information content (AvgIpc) is 3.42. The van der Waals surface area contributed by atoms with Gasteiger partial charge >= 0.3 is 0 Å². The lowest BCUT2D eigenvalue weighted by Crippen LogP contribution is -2.38. The van der Waals surface area contributed by atoms with Gasteiger partial charge in [-0.05, 0) is 59.2 Å². The Hall–Kier alpha value is -3.09. The molecular formula is C24H17N3OS2. The molecule has 4 heterocycles. The van der Waals surface area contributed by atoms with E-state index in [2.05, 4.69) is 46.8 Å². The third-order valence-electron chi connectivity index (χ3n) is 5.69. The van der Waals surface area contributed by atoms with Crippen LogP contribution >= 0.6 is 22.7 Å². The van der Waals surface area contributed by atoms with Crippen molar-refractivity contribution >= 4 is 34.4 Å². The zero-order valence-electron chi connectivity index (χ0n) is 16.0. The summed E-state index contributed by atoms with van der Waals surface area (Å²) in [6, 6.07) is 16.4. The van der Waals surface area contributed by atoms with Crippen LogP contribution in [0.25, 0.3) is 11.8 Å². The van der Waals surface area contributed by atoms with Gasteiger partial charge in [-0.25, -0.2) is 4.99 Å². The zero-order valence-corrected chi connectivity index (χ0v) is 17.6. The standard InChI is InChI=1S/C24H17N3OS2/c28-23-20(14-15-9-11-25-12-10-15)30-24-26-21-17-5-2-1-4-16(17)7-8-18(21)22(27(23)24)19-6-3-13-29-19/h1-6,9-14,22H,7-8H2/t22-/m1/s1. The maximum Gasteiger partial charge on any atom is 0.271 e. The summed E-state index contributed by atoms with van der Waals surface area (Å²) in [4.78, 5) is 24.5. The monoisotopic (exact) mass is 427 g/mol. The second-order valence-electron chi connectivity index (χ2n) is 7.41. The number of aryl methyl sites for hydroxylation is 1. The normalized spacial score (nSPS) is 17.9. The van der Waals surface area contributed by atoms with Crippen LogP contribution in [0.2, 0.25) is 0 Å². The van der Waals surface area contributed by atoms with Crippen molar-refractivity contribution in [3.05, 3.63) is 113 Å². The van der Waals surface area contributed by atoms with Crippen molar-refractivity contribution in [1.82, 2.24) is 9.55 Å². The third kappa shape index (κ3) is 2.75. The van der Waals surface area contributed by atoms with E-state index in [9.17, 15) is 4.79 Å². The number of fused-ring (bicyclic) bond motifs is 3. The Morgan fingerprint density at radius 1 is 1.03 bits per heavy atom. The van der Waals surface area contributed by atoms with Crippen LogP contribution in [0.15, 0.2) is 81.7 Å². The second kappa shape index (κ2) is 7.00. The number of rotatable bonds is 2. The number of aromatic nitrogens is 2. The van der Waals surface area contributed by atoms with E-state index in [1.54, 1.807) is 23.7 Å². The number of thiazole rings is 1. The first-order chi connectivity index (χ1) is 14.8. The number of hydrogen-bond donors (Lipinski definition) is 0. The van der Waals surface area contributed by atoms with Crippen LogP contribution in [0.5, 0.6) is 0 Å². The molecule has 0 bridgehead atoms. The number of nitrogens with zero attached hydrogens (tertiary/aromatic N) is 3. The van der Waals surface area contributed by atoms with E-state index >= 15 is 0 Å². The van der Waals surface area contributed by atoms with Gasteiger partial charge in [-0.1, -0.05) is 41.7 Å². The van der Waals surface area contributed by atoms with E-state index < -0.39 is 0 Å². The minimum absolute atomic E-state index is 0.0272. The van der Waals surface area contributed by atoms with Gasteiger partial charge < -0.3 is 0 Å². The molecule has 6 heteroatoms. The predicted octanol–water partition coefficient (Wildman–Crippen LogP) is 3.78. The lowest BCUT2D eigenvalue weighted by Gasteiger charge is -2.30. The molecule has 6 rings (SSSR count). The molecule has 2 aliphatic rings. The average molecular weight is 428 g/mol. The highest BCUT2D eigenvalue weighted by Crippen LogP contribution is 2.42. The fourth-order valence-corrected chi connectivity index (χ4v) is 6.18. The Balaban J connectivity index is 1.64. The van der Waals surface area contributed by atoms with Crippen molar-refractivity contribution in [3.8, 4) is 0 Å². The van der Waals surface area contributed by atoms with Crippen LogP contribution in [0.1, 0.15) is 34.0 Å². The highest BCUT2D eigenvalue weighted by Gasteiger charge is 2.32. The summed E-state index contributed by atoms with van der Waals surface area (Å²) in [5.74, 6) is 0. The number of pyridine rings is 1. The minimum Gasteiger partial charge on any atom is -0.271 e. The molecule has 146 valence electrons. The fourth-order valence-electron chi connectivity index (χ4n) is 4.33. The van der Waals surface area contributed by atoms with Gasteiger partial charge in [0.2, 0.25) is 0 Å². The molecule has 0 amide bonds. The summed E-state index contributed by atoms with van der Waals surface area (Å²) in [5.41, 5.74) is 5.83. The highest BCUT2D eigenvalue weighted by molar-refractivity contribution is 7.10. The van der Waals surface area contributed by atoms with Crippen LogP contribution in [0.4, 0.5) is 0 Å². The van der Waals surface area contributed by atoms with Gasteiger partial charge in [0.25, 0.3) is 5.56 Å². The summed E-state index contributed by atoms with van der Waals surface area (Å²) < 4.78 is 2.60. The van der Waals surface area contributed by atoms with Crippen molar-refractivity contribution in [3.63, 3.8) is 0 Å². The van der Waals surface area contributed by atoms with Gasteiger partial charge in [-0.15, -0.1) is 11.3 Å². The maximum atomic E-state index is 13.5. The van der Waals surface area contributed by atoms with Crippen molar-refractivity contribution < 1.29 is 0 Å². The van der Waals surface area contributed by atoms with Crippen LogP contribution in [0.3, 0.4) is 0 Å². The van der Waals surface area contributed by atoms with Crippen LogP contribution < -0.4 is 14.9 Å². The topological polar surface area (TPSA) is 47.2 Å². The summed E-state index contributed by atoms with van der Waals surface area (Å²) in [6.45, 7) is 0. The quantitative estimate of drug-likeness (QED) is 0.489. The number of hydrogen-bond acceptors (Lipinski definition) is 5. The van der Waals surface area contributed by atoms with E-state index in [0.29, 0.717) is 4.53 Å². The minimum atomic E-state index is -0.0794. The van der Waals surface area contributed by atoms with Gasteiger partial charge in [0, 0.05) is 22.8 Å². The van der Waals surface area contributed by atoms with Crippen LogP contribution in [-0.4, -0.2) is 9.55 Å². The molecule has 4 aromatic rings. The number of thiophene rings is 1. The molecule has 4 nitrogen and oxygen atoms in total. The Morgan fingerprint density at radius 2 is 1.90 bits per heavy atom. The van der Waals surface area contributed by atoms with Crippen molar-refractivity contribution in [2.24, 2.45) is 4.99 Å². The summed E-state index contributed by atoms with van der Waals surface area (Å²) in [7, 11) is 0. The Bertz CT molecular complexity index is 1460. The summed E-state index contributed by atoms with van der Waals surface area (Å²) in [6.07, 6.45) is 7.33. The number of allylic oxidation sites excluding steroid dienone is 1. The maximum absolute atomic E-state index is 13.5. The molecule has 0 fully saturated rings. The van der Waals surface area contributed by atoms with Crippen LogP contribution in [-0.2, 0) is 6.42 Å². The van der Waals surface area contributed by atoms with E-state index in [-0.39, 0.29) is 11.6 Å². The first-order valence-corrected chi connectivity index (χ1v) is 11.6. The van der Waals surface area contributed by atoms with E-state index in [0.717, 1.165) is 28.9 Å². The molecular weight excluding hydrogens is 410 g/mol. The molecule has 1 aliphatic heterocycles. The highest BCUT2D eigenvalue weighted by atomic mass is 32.1. The van der Waals surface area contributed by atoms with Gasteiger partial charge in [-0.2, -0.15) is 0 Å². The summed E-state index contributed by atoms with van der Waals surface area (Å²) in [5, 5.41) is 2.08. The van der Waals surface area contributed by atoms with Crippen molar-refractivity contribution in [2.45, 2.75) is 18.9 Å². The molecule has 30 heavy (non-hydrogen) atoms. The third-order valence-corrected chi connectivity index (χ3v) is 7.60. The SMILES string of the molecule is O=c1c(=Cc2ccncc2)sc2n1[C@@H](c1cccs1)C1=C(N=2)c2ccccc2CC1. The Kier molecular flexibility index (Phi) is 4.14. The van der Waals surface area contributed by atoms with Crippen molar-refractivity contribution in [1.29, 1.82) is 0 Å². The second-order valence-corrected chi connectivity index (χ2v) is 9.40. The fraction of sp³-hybridized carbons (Fsp3) is 0.125. The van der Waals surface area contributed by atoms with Crippen molar-refractivity contribution in [2.75, 3.05) is 0 Å². The van der Waals surface area contributed by atoms with Gasteiger partial charge in [0.15, 0.2) is 4.80 Å². The van der Waals surface area contributed by atoms with E-state index in [1.807, 2.05) is 22.8 Å².